The molecule has 0 fully saturated rings. The van der Waals surface area contributed by atoms with E-state index in [4.69, 9.17) is 5.11 Å². The number of hydrogen-bond donors (Lipinski definition) is 2. The van der Waals surface area contributed by atoms with E-state index < -0.39 is 5.97 Å². The molecule has 0 saturated carbocycles. The summed E-state index contributed by atoms with van der Waals surface area (Å²) >= 11 is 0. The van der Waals surface area contributed by atoms with Crippen LogP contribution < -0.4 is 0 Å². The van der Waals surface area contributed by atoms with Gasteiger partial charge in [0.15, 0.2) is 0 Å². The number of carboxylic acids is 1. The third kappa shape index (κ3) is 5.21. The Morgan fingerprint density at radius 3 is 1.91 bits per heavy atom. The van der Waals surface area contributed by atoms with Crippen LogP contribution in [0.1, 0.15) is 50.6 Å². The number of rotatable bonds is 7. The number of carbonyl (C=O) groups is 1. The van der Waals surface area contributed by atoms with Gasteiger partial charge in [-0.05, 0) is 60.4 Å². The van der Waals surface area contributed by atoms with Crippen molar-refractivity contribution in [2.75, 3.05) is 0 Å². The molecule has 1 aromatic heterocycles. The fourth-order valence-electron chi connectivity index (χ4n) is 4.07. The van der Waals surface area contributed by atoms with Crippen LogP contribution in [-0.4, -0.2) is 27.0 Å². The van der Waals surface area contributed by atoms with Crippen LogP contribution in [0.5, 0.6) is 0 Å². The van der Waals surface area contributed by atoms with Gasteiger partial charge in [0, 0.05) is 29.8 Å². The van der Waals surface area contributed by atoms with Crippen molar-refractivity contribution in [1.29, 1.82) is 0 Å². The molecule has 0 bridgehead atoms. The third-order valence-electron chi connectivity index (χ3n) is 6.01. The first kappa shape index (κ1) is 22.9. The molecule has 5 nitrogen and oxygen atoms in total. The van der Waals surface area contributed by atoms with Gasteiger partial charge in [0.1, 0.15) is 0 Å². The van der Waals surface area contributed by atoms with Gasteiger partial charge in [-0.25, -0.2) is 4.79 Å². The lowest BCUT2D eigenvalue weighted by Gasteiger charge is -2.20. The van der Waals surface area contributed by atoms with Gasteiger partial charge in [0.2, 0.25) is 0 Å². The molecular formula is C29H26N2O3. The smallest absolute Gasteiger partial charge is 0.335 e. The van der Waals surface area contributed by atoms with E-state index in [0.29, 0.717) is 12.1 Å². The maximum absolute atomic E-state index is 11.1. The van der Waals surface area contributed by atoms with Crippen LogP contribution >= 0.6 is 0 Å². The summed E-state index contributed by atoms with van der Waals surface area (Å²) in [6.07, 6.45) is 2.25. The van der Waals surface area contributed by atoms with Crippen LogP contribution in [0.2, 0.25) is 0 Å². The van der Waals surface area contributed by atoms with E-state index in [1.807, 2.05) is 43.3 Å². The number of nitrogens with zero attached hydrogens (tertiary/aromatic N) is 2. The highest BCUT2D eigenvalue weighted by molar-refractivity contribution is 6.01. The first-order valence-corrected chi connectivity index (χ1v) is 11.1. The molecule has 0 amide bonds. The lowest BCUT2D eigenvalue weighted by atomic mass is 9.84. The van der Waals surface area contributed by atoms with E-state index in [1.54, 1.807) is 18.3 Å². The molecule has 4 rings (SSSR count). The van der Waals surface area contributed by atoms with Crippen LogP contribution in [0, 0.1) is 13.8 Å². The Kier molecular flexibility index (Phi) is 6.83. The normalized spacial score (nSPS) is 12.4. The van der Waals surface area contributed by atoms with Crippen LogP contribution in [0.15, 0.2) is 96.3 Å². The second-order valence-electron chi connectivity index (χ2n) is 8.40. The quantitative estimate of drug-likeness (QED) is 0.192. The average molecular weight is 451 g/mol. The molecular weight excluding hydrogens is 424 g/mol. The maximum atomic E-state index is 11.1. The van der Waals surface area contributed by atoms with Crippen LogP contribution in [0.25, 0.3) is 11.1 Å². The summed E-state index contributed by atoms with van der Waals surface area (Å²) in [5.74, 6) is -0.947. The van der Waals surface area contributed by atoms with Gasteiger partial charge < -0.3 is 10.3 Å². The lowest BCUT2D eigenvalue weighted by molar-refractivity contribution is 0.0697. The molecule has 0 aliphatic carbocycles. The van der Waals surface area contributed by atoms with Crippen molar-refractivity contribution in [2.24, 2.45) is 5.16 Å². The van der Waals surface area contributed by atoms with Crippen molar-refractivity contribution in [2.45, 2.75) is 26.2 Å². The average Bonchev–Trinajstić information content (AvgIpc) is 2.86. The second-order valence-corrected chi connectivity index (χ2v) is 8.40. The number of pyridine rings is 1. The van der Waals surface area contributed by atoms with Crippen molar-refractivity contribution >= 4 is 11.7 Å². The minimum absolute atomic E-state index is 0.0107. The van der Waals surface area contributed by atoms with Gasteiger partial charge in [-0.3, -0.25) is 4.98 Å². The number of aromatic carboxylic acids is 1. The van der Waals surface area contributed by atoms with Gasteiger partial charge >= 0.3 is 5.97 Å². The number of hydrogen-bond acceptors (Lipinski definition) is 4. The zero-order valence-corrected chi connectivity index (χ0v) is 19.1. The number of aromatic nitrogens is 1. The molecule has 0 unspecified atom stereocenters. The predicted octanol–water partition coefficient (Wildman–Crippen LogP) is 6.46. The Bertz CT molecular complexity index is 1310. The van der Waals surface area contributed by atoms with Gasteiger partial charge in [-0.1, -0.05) is 71.4 Å². The summed E-state index contributed by atoms with van der Waals surface area (Å²) in [6.45, 7) is 3.97. The fourth-order valence-corrected chi connectivity index (χ4v) is 4.07. The lowest BCUT2D eigenvalue weighted by Crippen LogP contribution is -2.11. The van der Waals surface area contributed by atoms with E-state index in [1.165, 1.54) is 5.56 Å². The second kappa shape index (κ2) is 10.1. The highest BCUT2D eigenvalue weighted by atomic mass is 16.4. The summed E-state index contributed by atoms with van der Waals surface area (Å²) in [7, 11) is 0. The first-order chi connectivity index (χ1) is 16.4. The van der Waals surface area contributed by atoms with Gasteiger partial charge in [-0.15, -0.1) is 0 Å². The van der Waals surface area contributed by atoms with Crippen molar-refractivity contribution in [3.05, 3.63) is 125 Å². The maximum Gasteiger partial charge on any atom is 0.335 e. The minimum Gasteiger partial charge on any atom is -0.478 e. The van der Waals surface area contributed by atoms with E-state index in [0.717, 1.165) is 33.5 Å². The summed E-state index contributed by atoms with van der Waals surface area (Å²) in [4.78, 5) is 15.4. The zero-order chi connectivity index (χ0) is 24.1. The Balaban J connectivity index is 1.67. The molecule has 3 aromatic carbocycles. The molecule has 0 radical (unpaired) electrons. The molecule has 34 heavy (non-hydrogen) atoms. The highest BCUT2D eigenvalue weighted by Gasteiger charge is 2.19. The van der Waals surface area contributed by atoms with Crippen LogP contribution in [0.3, 0.4) is 0 Å². The molecule has 0 spiro atoms. The van der Waals surface area contributed by atoms with E-state index in [9.17, 15) is 10.0 Å². The molecule has 0 aliphatic rings. The summed E-state index contributed by atoms with van der Waals surface area (Å²) in [5.41, 5.74) is 7.95. The Labute approximate surface area is 199 Å². The number of oxime groups is 1. The molecule has 2 N–H and O–H groups in total. The van der Waals surface area contributed by atoms with E-state index in [2.05, 4.69) is 53.5 Å². The number of aryl methyl sites for hydroxylation is 2. The van der Waals surface area contributed by atoms with Crippen molar-refractivity contribution in [3.8, 4) is 11.1 Å². The standard InChI is InChI=1S/C29H26N2O3/c1-19-3-5-23(6-4-19)27(18-28(31-34)26-15-16-30-20(2)17-26)24-11-7-21(8-12-24)22-9-13-25(14-10-22)29(32)33/h3-17,27,34H,18H2,1-2H3,(H,32,33)/b31-28+/t27-/m1/s1. The zero-order valence-electron chi connectivity index (χ0n) is 19.1. The van der Waals surface area contributed by atoms with Crippen LogP contribution in [-0.2, 0) is 0 Å². The van der Waals surface area contributed by atoms with Crippen molar-refractivity contribution in [1.82, 2.24) is 4.98 Å². The number of benzene rings is 3. The molecule has 0 saturated heterocycles. The van der Waals surface area contributed by atoms with Gasteiger partial charge in [0.25, 0.3) is 0 Å². The monoisotopic (exact) mass is 450 g/mol. The molecule has 1 atom stereocenters. The van der Waals surface area contributed by atoms with Gasteiger partial charge in [-0.2, -0.15) is 0 Å². The van der Waals surface area contributed by atoms with Crippen molar-refractivity contribution in [3.63, 3.8) is 0 Å². The van der Waals surface area contributed by atoms with E-state index >= 15 is 0 Å². The Morgan fingerprint density at radius 1 is 0.824 bits per heavy atom. The molecule has 170 valence electrons. The van der Waals surface area contributed by atoms with Gasteiger partial charge in [0.05, 0.1) is 11.3 Å². The van der Waals surface area contributed by atoms with Crippen LogP contribution in [0.4, 0.5) is 0 Å². The Morgan fingerprint density at radius 2 is 1.38 bits per heavy atom. The van der Waals surface area contributed by atoms with Crippen molar-refractivity contribution < 1.29 is 15.1 Å². The Hall–Kier alpha value is -4.25. The molecule has 4 aromatic rings. The highest BCUT2D eigenvalue weighted by Crippen LogP contribution is 2.32. The van der Waals surface area contributed by atoms with E-state index in [-0.39, 0.29) is 11.5 Å². The topological polar surface area (TPSA) is 82.8 Å². The largest absolute Gasteiger partial charge is 0.478 e. The summed E-state index contributed by atoms with van der Waals surface area (Å²) in [6, 6.07) is 27.3. The predicted molar refractivity (Wildman–Crippen MR) is 134 cm³/mol. The third-order valence-corrected chi connectivity index (χ3v) is 6.01. The fraction of sp³-hybridized carbons (Fsp3) is 0.138. The first-order valence-electron chi connectivity index (χ1n) is 11.1. The molecule has 0 aliphatic heterocycles. The molecule has 5 heteroatoms. The summed E-state index contributed by atoms with van der Waals surface area (Å²) < 4.78 is 0. The number of carboxylic acid groups (broad SMARTS) is 1. The minimum atomic E-state index is -0.936. The summed E-state index contributed by atoms with van der Waals surface area (Å²) in [5, 5.41) is 22.6. The molecule has 1 heterocycles. The SMILES string of the molecule is Cc1ccc([C@@H](C/C(=N\O)c2ccnc(C)c2)c2ccc(-c3ccc(C(=O)O)cc3)cc2)cc1.